The van der Waals surface area contributed by atoms with Gasteiger partial charge in [0.25, 0.3) is 0 Å². The Morgan fingerprint density at radius 1 is 1.31 bits per heavy atom. The summed E-state index contributed by atoms with van der Waals surface area (Å²) in [5.74, 6) is 1.08. The Labute approximate surface area is 97.0 Å². The van der Waals surface area contributed by atoms with Crippen molar-refractivity contribution in [3.8, 4) is 5.75 Å². The Morgan fingerprint density at radius 2 is 1.94 bits per heavy atom. The molecular formula is C13H19NO2. The van der Waals surface area contributed by atoms with E-state index in [1.165, 1.54) is 5.56 Å². The Kier molecular flexibility index (Phi) is 4.99. The van der Waals surface area contributed by atoms with Gasteiger partial charge in [-0.3, -0.25) is 9.69 Å². The number of Topliss-reactive ketones (excluding diaryl/α,β-unsaturated/α-hetero) is 1. The molecule has 1 aromatic carbocycles. The first-order chi connectivity index (χ1) is 7.61. The Hall–Kier alpha value is -1.35. The van der Waals surface area contributed by atoms with E-state index >= 15 is 0 Å². The molecule has 0 aliphatic rings. The van der Waals surface area contributed by atoms with E-state index in [0.717, 1.165) is 12.3 Å². The molecule has 0 aromatic heterocycles. The Morgan fingerprint density at radius 3 is 2.44 bits per heavy atom. The van der Waals surface area contributed by atoms with Gasteiger partial charge in [-0.15, -0.1) is 0 Å². The second-order valence-electron chi connectivity index (χ2n) is 3.95. The van der Waals surface area contributed by atoms with Crippen molar-refractivity contribution in [2.75, 3.05) is 20.2 Å². The van der Waals surface area contributed by atoms with Crippen molar-refractivity contribution >= 4 is 5.78 Å². The molecule has 0 radical (unpaired) electrons. The number of ether oxygens (including phenoxy) is 1. The molecule has 1 aromatic rings. The molecule has 3 nitrogen and oxygen atoms in total. The standard InChI is InChI=1S/C13H19NO2/c1-4-16-13-7-5-12(6-8-13)10-14(3)9-11(2)15/h5-8H,4,9-10H2,1-3H3. The fraction of sp³-hybridized carbons (Fsp3) is 0.462. The quantitative estimate of drug-likeness (QED) is 0.736. The number of carbonyl (C=O) groups excluding carboxylic acids is 1. The number of rotatable bonds is 6. The second kappa shape index (κ2) is 6.28. The van der Waals surface area contributed by atoms with Crippen LogP contribution in [0.15, 0.2) is 24.3 Å². The van der Waals surface area contributed by atoms with Gasteiger partial charge in [-0.25, -0.2) is 0 Å². The average molecular weight is 221 g/mol. The molecule has 0 heterocycles. The van der Waals surface area contributed by atoms with E-state index < -0.39 is 0 Å². The summed E-state index contributed by atoms with van der Waals surface area (Å²) in [6.07, 6.45) is 0. The molecule has 88 valence electrons. The van der Waals surface area contributed by atoms with Crippen LogP contribution in [-0.4, -0.2) is 30.9 Å². The maximum Gasteiger partial charge on any atom is 0.143 e. The third kappa shape index (κ3) is 4.45. The van der Waals surface area contributed by atoms with Crippen LogP contribution < -0.4 is 4.74 Å². The zero-order chi connectivity index (χ0) is 12.0. The molecule has 16 heavy (non-hydrogen) atoms. The normalized spacial score (nSPS) is 10.5. The van der Waals surface area contributed by atoms with Crippen molar-refractivity contribution in [2.24, 2.45) is 0 Å². The first-order valence-corrected chi connectivity index (χ1v) is 5.51. The monoisotopic (exact) mass is 221 g/mol. The number of hydrogen-bond donors (Lipinski definition) is 0. The van der Waals surface area contributed by atoms with Crippen molar-refractivity contribution in [1.29, 1.82) is 0 Å². The minimum absolute atomic E-state index is 0.188. The number of hydrogen-bond acceptors (Lipinski definition) is 3. The lowest BCUT2D eigenvalue weighted by molar-refractivity contribution is -0.117. The van der Waals surface area contributed by atoms with Crippen LogP contribution in [-0.2, 0) is 11.3 Å². The van der Waals surface area contributed by atoms with Crippen LogP contribution in [0.25, 0.3) is 0 Å². The molecule has 1 rings (SSSR count). The molecule has 0 atom stereocenters. The molecule has 0 bridgehead atoms. The Bertz CT molecular complexity index is 332. The third-order valence-electron chi connectivity index (χ3n) is 2.18. The van der Waals surface area contributed by atoms with E-state index in [9.17, 15) is 4.79 Å². The molecule has 0 N–H and O–H groups in total. The van der Waals surface area contributed by atoms with E-state index in [1.54, 1.807) is 6.92 Å². The molecule has 3 heteroatoms. The molecular weight excluding hydrogens is 202 g/mol. The molecule has 0 saturated heterocycles. The summed E-state index contributed by atoms with van der Waals surface area (Å²) in [5.41, 5.74) is 1.19. The molecule has 0 saturated carbocycles. The van der Waals surface area contributed by atoms with Gasteiger partial charge in [-0.2, -0.15) is 0 Å². The second-order valence-corrected chi connectivity index (χ2v) is 3.95. The maximum absolute atomic E-state index is 10.9. The Balaban J connectivity index is 2.51. The highest BCUT2D eigenvalue weighted by molar-refractivity contribution is 5.77. The van der Waals surface area contributed by atoms with E-state index in [1.807, 2.05) is 43.1 Å². The summed E-state index contributed by atoms with van der Waals surface area (Å²) in [6.45, 7) is 5.53. The van der Waals surface area contributed by atoms with Crippen LogP contribution >= 0.6 is 0 Å². The van der Waals surface area contributed by atoms with Gasteiger partial charge in [0, 0.05) is 6.54 Å². The number of nitrogens with zero attached hydrogens (tertiary/aromatic N) is 1. The third-order valence-corrected chi connectivity index (χ3v) is 2.18. The van der Waals surface area contributed by atoms with Crippen LogP contribution in [0, 0.1) is 0 Å². The van der Waals surface area contributed by atoms with Crippen LogP contribution in [0.5, 0.6) is 5.75 Å². The lowest BCUT2D eigenvalue weighted by Crippen LogP contribution is -2.23. The fourth-order valence-electron chi connectivity index (χ4n) is 1.61. The lowest BCUT2D eigenvalue weighted by atomic mass is 10.2. The van der Waals surface area contributed by atoms with Gasteiger partial charge in [0.1, 0.15) is 11.5 Å². The highest BCUT2D eigenvalue weighted by Crippen LogP contribution is 2.13. The van der Waals surface area contributed by atoms with Gasteiger partial charge in [-0.05, 0) is 38.6 Å². The molecule has 0 aliphatic heterocycles. The molecule has 0 amide bonds. The van der Waals surface area contributed by atoms with Gasteiger partial charge in [0.15, 0.2) is 0 Å². The lowest BCUT2D eigenvalue weighted by Gasteiger charge is -2.14. The minimum Gasteiger partial charge on any atom is -0.494 e. The van der Waals surface area contributed by atoms with Gasteiger partial charge in [0.2, 0.25) is 0 Å². The highest BCUT2D eigenvalue weighted by Gasteiger charge is 2.03. The summed E-state index contributed by atoms with van der Waals surface area (Å²) < 4.78 is 5.36. The first-order valence-electron chi connectivity index (χ1n) is 5.51. The van der Waals surface area contributed by atoms with Crippen molar-refractivity contribution in [3.05, 3.63) is 29.8 Å². The first kappa shape index (κ1) is 12.7. The number of carbonyl (C=O) groups is 1. The number of benzene rings is 1. The van der Waals surface area contributed by atoms with Crippen molar-refractivity contribution in [2.45, 2.75) is 20.4 Å². The van der Waals surface area contributed by atoms with Crippen molar-refractivity contribution in [3.63, 3.8) is 0 Å². The predicted octanol–water partition coefficient (Wildman–Crippen LogP) is 2.11. The summed E-state index contributed by atoms with van der Waals surface area (Å²) in [5, 5.41) is 0. The summed E-state index contributed by atoms with van der Waals surface area (Å²) in [4.78, 5) is 12.9. The SMILES string of the molecule is CCOc1ccc(CN(C)CC(C)=O)cc1. The number of ketones is 1. The van der Waals surface area contributed by atoms with E-state index in [4.69, 9.17) is 4.74 Å². The van der Waals surface area contributed by atoms with E-state index in [0.29, 0.717) is 13.2 Å². The zero-order valence-electron chi connectivity index (χ0n) is 10.2. The van der Waals surface area contributed by atoms with Gasteiger partial charge in [-0.1, -0.05) is 12.1 Å². The van der Waals surface area contributed by atoms with Gasteiger partial charge >= 0.3 is 0 Å². The number of likely N-dealkylation sites (N-methyl/N-ethyl adjacent to an activating group) is 1. The summed E-state index contributed by atoms with van der Waals surface area (Å²) >= 11 is 0. The van der Waals surface area contributed by atoms with Crippen LogP contribution in [0.3, 0.4) is 0 Å². The summed E-state index contributed by atoms with van der Waals surface area (Å²) in [6, 6.07) is 7.98. The van der Waals surface area contributed by atoms with Gasteiger partial charge in [0.05, 0.1) is 13.2 Å². The molecule has 0 spiro atoms. The fourth-order valence-corrected chi connectivity index (χ4v) is 1.61. The topological polar surface area (TPSA) is 29.5 Å². The molecule has 0 aliphatic carbocycles. The largest absolute Gasteiger partial charge is 0.494 e. The molecule has 0 fully saturated rings. The van der Waals surface area contributed by atoms with Crippen molar-refractivity contribution in [1.82, 2.24) is 4.90 Å². The van der Waals surface area contributed by atoms with E-state index in [2.05, 4.69) is 0 Å². The van der Waals surface area contributed by atoms with Crippen molar-refractivity contribution < 1.29 is 9.53 Å². The average Bonchev–Trinajstić information content (AvgIpc) is 2.20. The van der Waals surface area contributed by atoms with E-state index in [-0.39, 0.29) is 5.78 Å². The van der Waals surface area contributed by atoms with Crippen LogP contribution in [0.1, 0.15) is 19.4 Å². The minimum atomic E-state index is 0.188. The van der Waals surface area contributed by atoms with Crippen LogP contribution in [0.4, 0.5) is 0 Å². The zero-order valence-corrected chi connectivity index (χ0v) is 10.2. The highest BCUT2D eigenvalue weighted by atomic mass is 16.5. The molecule has 0 unspecified atom stereocenters. The van der Waals surface area contributed by atoms with Gasteiger partial charge < -0.3 is 4.74 Å². The van der Waals surface area contributed by atoms with Crippen LogP contribution in [0.2, 0.25) is 0 Å². The summed E-state index contributed by atoms with van der Waals surface area (Å²) in [7, 11) is 1.94. The predicted molar refractivity (Wildman–Crippen MR) is 64.6 cm³/mol. The smallest absolute Gasteiger partial charge is 0.143 e. The maximum atomic E-state index is 10.9.